The van der Waals surface area contributed by atoms with Crippen LogP contribution in [0.25, 0.3) is 0 Å². The maximum Gasteiger partial charge on any atom is 0.240 e. The van der Waals surface area contributed by atoms with E-state index in [1.165, 1.54) is 19.3 Å². The van der Waals surface area contributed by atoms with E-state index < -0.39 is 0 Å². The maximum atomic E-state index is 5.37. The zero-order valence-corrected chi connectivity index (χ0v) is 13.4. The van der Waals surface area contributed by atoms with E-state index in [9.17, 15) is 0 Å². The second-order valence-corrected chi connectivity index (χ2v) is 5.31. The number of nitrogens with one attached hydrogen (secondary N) is 1. The Morgan fingerprint density at radius 2 is 2.00 bits per heavy atom. The molecule has 0 saturated carbocycles. The predicted molar refractivity (Wildman–Crippen MR) is 82.1 cm³/mol. The first-order valence-corrected chi connectivity index (χ1v) is 7.59. The predicted octanol–water partition coefficient (Wildman–Crippen LogP) is 2.41. The van der Waals surface area contributed by atoms with Crippen LogP contribution in [-0.4, -0.2) is 40.7 Å². The van der Waals surface area contributed by atoms with Crippen molar-refractivity contribution in [3.8, 4) is 0 Å². The Labute approximate surface area is 127 Å². The first kappa shape index (κ1) is 17.4. The van der Waals surface area contributed by atoms with Gasteiger partial charge in [-0.1, -0.05) is 19.0 Å². The molecule has 5 nitrogen and oxygen atoms in total. The second-order valence-electron chi connectivity index (χ2n) is 5.31. The molecule has 0 bridgehead atoms. The molecule has 1 N–H and O–H groups in total. The highest BCUT2D eigenvalue weighted by Gasteiger charge is 2.22. The Hall–Kier alpha value is -0.650. The summed E-state index contributed by atoms with van der Waals surface area (Å²) in [7, 11) is 0. The van der Waals surface area contributed by atoms with E-state index in [1.807, 2.05) is 0 Å². The zero-order chi connectivity index (χ0) is 13.5. The lowest BCUT2D eigenvalue weighted by Crippen LogP contribution is -2.43. The summed E-state index contributed by atoms with van der Waals surface area (Å²) in [6.07, 6.45) is 5.57. The molecule has 0 spiro atoms. The number of piperidine rings is 1. The Bertz CT molecular complexity index is 366. The smallest absolute Gasteiger partial charge is 0.240 e. The van der Waals surface area contributed by atoms with Crippen LogP contribution in [0.2, 0.25) is 0 Å². The summed E-state index contributed by atoms with van der Waals surface area (Å²) in [6.45, 7) is 8.51. The molecule has 2 rings (SSSR count). The molecule has 0 aliphatic carbocycles. The van der Waals surface area contributed by atoms with Gasteiger partial charge in [-0.3, -0.25) is 4.90 Å². The van der Waals surface area contributed by atoms with Gasteiger partial charge >= 0.3 is 0 Å². The van der Waals surface area contributed by atoms with Gasteiger partial charge in [-0.25, -0.2) is 0 Å². The third-order valence-corrected chi connectivity index (χ3v) is 3.66. The number of hydrogen-bond donors (Lipinski definition) is 1. The van der Waals surface area contributed by atoms with Crippen molar-refractivity contribution in [3.63, 3.8) is 0 Å². The standard InChI is InChI=1S/C14H26N4O.ClH/c1-3-5-13-16-14(19-17-13)11-18(10-4-2)12-6-8-15-9-7-12;/h12,15H,3-11H2,1-2H3;1H. The summed E-state index contributed by atoms with van der Waals surface area (Å²) < 4.78 is 5.37. The number of rotatable bonds is 7. The van der Waals surface area contributed by atoms with Crippen molar-refractivity contribution in [3.05, 3.63) is 11.7 Å². The van der Waals surface area contributed by atoms with Crippen molar-refractivity contribution in [1.29, 1.82) is 0 Å². The lowest BCUT2D eigenvalue weighted by Gasteiger charge is -2.33. The minimum Gasteiger partial charge on any atom is -0.338 e. The normalized spacial score (nSPS) is 16.4. The summed E-state index contributed by atoms with van der Waals surface area (Å²) in [6, 6.07) is 0.655. The van der Waals surface area contributed by atoms with Crippen molar-refractivity contribution in [1.82, 2.24) is 20.4 Å². The zero-order valence-electron chi connectivity index (χ0n) is 12.6. The van der Waals surface area contributed by atoms with E-state index in [0.717, 1.165) is 50.7 Å². The molecule has 116 valence electrons. The number of aryl methyl sites for hydroxylation is 1. The fourth-order valence-corrected chi connectivity index (χ4v) is 2.70. The number of halogens is 1. The molecule has 0 unspecified atom stereocenters. The minimum atomic E-state index is 0. The summed E-state index contributed by atoms with van der Waals surface area (Å²) in [5, 5.41) is 7.46. The van der Waals surface area contributed by atoms with Crippen LogP contribution in [0, 0.1) is 0 Å². The van der Waals surface area contributed by atoms with E-state index in [2.05, 4.69) is 34.2 Å². The molecule has 1 fully saturated rings. The monoisotopic (exact) mass is 302 g/mol. The van der Waals surface area contributed by atoms with E-state index in [-0.39, 0.29) is 12.4 Å². The van der Waals surface area contributed by atoms with E-state index >= 15 is 0 Å². The van der Waals surface area contributed by atoms with Crippen LogP contribution in [0.4, 0.5) is 0 Å². The molecule has 0 radical (unpaired) electrons. The minimum absolute atomic E-state index is 0. The van der Waals surface area contributed by atoms with Gasteiger partial charge in [0, 0.05) is 12.5 Å². The van der Waals surface area contributed by atoms with Crippen molar-refractivity contribution >= 4 is 12.4 Å². The summed E-state index contributed by atoms with van der Waals surface area (Å²) in [5.74, 6) is 1.62. The van der Waals surface area contributed by atoms with E-state index in [0.29, 0.717) is 6.04 Å². The average Bonchev–Trinajstić information content (AvgIpc) is 2.87. The molecule has 0 atom stereocenters. The Balaban J connectivity index is 0.00000200. The van der Waals surface area contributed by atoms with Gasteiger partial charge in [-0.05, 0) is 45.3 Å². The van der Waals surface area contributed by atoms with Crippen LogP contribution in [0.5, 0.6) is 0 Å². The molecular weight excluding hydrogens is 276 g/mol. The van der Waals surface area contributed by atoms with Crippen LogP contribution in [-0.2, 0) is 13.0 Å². The van der Waals surface area contributed by atoms with Crippen molar-refractivity contribution < 1.29 is 4.52 Å². The second kappa shape index (κ2) is 9.32. The average molecular weight is 303 g/mol. The summed E-state index contributed by atoms with van der Waals surface area (Å²) in [4.78, 5) is 6.99. The van der Waals surface area contributed by atoms with Crippen molar-refractivity contribution in [2.45, 2.75) is 58.5 Å². The van der Waals surface area contributed by atoms with Crippen LogP contribution in [0.15, 0.2) is 4.52 Å². The third kappa shape index (κ3) is 5.04. The molecule has 0 aromatic carbocycles. The van der Waals surface area contributed by atoms with Crippen LogP contribution >= 0.6 is 12.4 Å². The topological polar surface area (TPSA) is 54.2 Å². The summed E-state index contributed by atoms with van der Waals surface area (Å²) >= 11 is 0. The Morgan fingerprint density at radius 1 is 1.25 bits per heavy atom. The van der Waals surface area contributed by atoms with E-state index in [1.54, 1.807) is 0 Å². The highest BCUT2D eigenvalue weighted by atomic mass is 35.5. The third-order valence-electron chi connectivity index (χ3n) is 3.66. The molecule has 1 aliphatic rings. The maximum absolute atomic E-state index is 5.37. The number of nitrogens with zero attached hydrogens (tertiary/aromatic N) is 3. The molecule has 20 heavy (non-hydrogen) atoms. The van der Waals surface area contributed by atoms with Crippen LogP contribution in [0.1, 0.15) is 51.2 Å². The van der Waals surface area contributed by atoms with Crippen molar-refractivity contribution in [2.75, 3.05) is 19.6 Å². The van der Waals surface area contributed by atoms with Gasteiger partial charge in [-0.2, -0.15) is 4.98 Å². The largest absolute Gasteiger partial charge is 0.338 e. The summed E-state index contributed by atoms with van der Waals surface area (Å²) in [5.41, 5.74) is 0. The van der Waals surface area contributed by atoms with Gasteiger partial charge in [0.05, 0.1) is 6.54 Å². The van der Waals surface area contributed by atoms with Gasteiger partial charge in [0.25, 0.3) is 0 Å². The quantitative estimate of drug-likeness (QED) is 0.838. The first-order valence-electron chi connectivity index (χ1n) is 7.59. The van der Waals surface area contributed by atoms with Gasteiger partial charge in [0.15, 0.2) is 5.82 Å². The molecule has 1 aliphatic heterocycles. The molecule has 1 aromatic heterocycles. The van der Waals surface area contributed by atoms with Gasteiger partial charge < -0.3 is 9.84 Å². The van der Waals surface area contributed by atoms with Crippen LogP contribution < -0.4 is 5.32 Å². The van der Waals surface area contributed by atoms with E-state index in [4.69, 9.17) is 4.52 Å². The Kier molecular flexibility index (Phi) is 8.11. The Morgan fingerprint density at radius 3 is 2.65 bits per heavy atom. The molecular formula is C14H27ClN4O. The molecule has 2 heterocycles. The highest BCUT2D eigenvalue weighted by Crippen LogP contribution is 2.15. The van der Waals surface area contributed by atoms with Gasteiger partial charge in [0.2, 0.25) is 5.89 Å². The number of hydrogen-bond acceptors (Lipinski definition) is 5. The molecule has 1 saturated heterocycles. The molecule has 6 heteroatoms. The number of aromatic nitrogens is 2. The fraction of sp³-hybridized carbons (Fsp3) is 0.857. The van der Waals surface area contributed by atoms with Crippen molar-refractivity contribution in [2.24, 2.45) is 0 Å². The highest BCUT2D eigenvalue weighted by molar-refractivity contribution is 5.85. The fourth-order valence-electron chi connectivity index (χ4n) is 2.70. The van der Waals surface area contributed by atoms with Crippen LogP contribution in [0.3, 0.4) is 0 Å². The van der Waals surface area contributed by atoms with Gasteiger partial charge in [0.1, 0.15) is 0 Å². The molecule has 0 amide bonds. The molecule has 1 aromatic rings. The lowest BCUT2D eigenvalue weighted by atomic mass is 10.0. The SMILES string of the molecule is CCCc1noc(CN(CCC)C2CCNCC2)n1.Cl. The van der Waals surface area contributed by atoms with Gasteiger partial charge in [-0.15, -0.1) is 12.4 Å². The first-order chi connectivity index (χ1) is 9.33. The lowest BCUT2D eigenvalue weighted by molar-refractivity contribution is 0.137.